The maximum Gasteiger partial charge on any atom is 0.220 e. The van der Waals surface area contributed by atoms with Crippen molar-refractivity contribution in [2.45, 2.75) is 52.5 Å². The second-order valence-corrected chi connectivity index (χ2v) is 5.00. The molecule has 0 aliphatic heterocycles. The van der Waals surface area contributed by atoms with Gasteiger partial charge in [0.2, 0.25) is 5.91 Å². The lowest BCUT2D eigenvalue weighted by Gasteiger charge is -2.06. The first-order valence-electron chi connectivity index (χ1n) is 7.02. The van der Waals surface area contributed by atoms with Gasteiger partial charge in [-0.1, -0.05) is 12.8 Å². The van der Waals surface area contributed by atoms with Crippen molar-refractivity contribution >= 4 is 18.3 Å². The summed E-state index contributed by atoms with van der Waals surface area (Å²) in [6.45, 7) is 5.31. The fourth-order valence-electron chi connectivity index (χ4n) is 2.13. The van der Waals surface area contributed by atoms with Crippen LogP contribution in [0, 0.1) is 13.8 Å². The van der Waals surface area contributed by atoms with Crippen LogP contribution in [-0.4, -0.2) is 22.2 Å². The lowest BCUT2D eigenvalue weighted by Crippen LogP contribution is -2.23. The fraction of sp³-hybridized carbons (Fsp3) is 0.714. The zero-order valence-electron chi connectivity index (χ0n) is 12.7. The minimum atomic E-state index is 0. The molecule has 0 saturated carbocycles. The van der Waals surface area contributed by atoms with Crippen molar-refractivity contribution in [3.8, 4) is 0 Å². The van der Waals surface area contributed by atoms with E-state index in [0.717, 1.165) is 49.2 Å². The molecule has 6 heteroatoms. The molecule has 0 aromatic carbocycles. The van der Waals surface area contributed by atoms with E-state index in [1.165, 1.54) is 0 Å². The number of hydrogen-bond acceptors (Lipinski definition) is 3. The standard InChI is InChI=1S/C14H26N4O.ClH/c1-11-13(12(2)18(3)17-11)10-16-14(19)8-6-4-5-7-9-15;/h4-10,15H2,1-3H3,(H,16,19);1H. The van der Waals surface area contributed by atoms with Crippen molar-refractivity contribution in [1.82, 2.24) is 15.1 Å². The molecule has 1 amide bonds. The van der Waals surface area contributed by atoms with Gasteiger partial charge in [0.15, 0.2) is 0 Å². The SMILES string of the molecule is Cc1nn(C)c(C)c1CNC(=O)CCCCCCN.Cl. The Bertz CT molecular complexity index is 418. The summed E-state index contributed by atoms with van der Waals surface area (Å²) in [6.07, 6.45) is 4.79. The minimum Gasteiger partial charge on any atom is -0.352 e. The summed E-state index contributed by atoms with van der Waals surface area (Å²) in [5, 5.41) is 7.31. The molecule has 20 heavy (non-hydrogen) atoms. The van der Waals surface area contributed by atoms with Crippen LogP contribution in [0.1, 0.15) is 49.1 Å². The highest BCUT2D eigenvalue weighted by molar-refractivity contribution is 5.85. The smallest absolute Gasteiger partial charge is 0.220 e. The lowest BCUT2D eigenvalue weighted by atomic mass is 10.1. The molecule has 0 radical (unpaired) electrons. The Hall–Kier alpha value is -1.07. The number of carbonyl (C=O) groups excluding carboxylic acids is 1. The third-order valence-electron chi connectivity index (χ3n) is 3.48. The Balaban J connectivity index is 0.00000361. The van der Waals surface area contributed by atoms with E-state index < -0.39 is 0 Å². The fourth-order valence-corrected chi connectivity index (χ4v) is 2.13. The molecule has 0 aliphatic rings. The number of nitrogens with two attached hydrogens (primary N) is 1. The Kier molecular flexibility index (Phi) is 9.25. The molecule has 0 saturated heterocycles. The van der Waals surface area contributed by atoms with Gasteiger partial charge in [0, 0.05) is 31.3 Å². The molecule has 0 aliphatic carbocycles. The maximum absolute atomic E-state index is 11.7. The summed E-state index contributed by atoms with van der Waals surface area (Å²) in [4.78, 5) is 11.7. The van der Waals surface area contributed by atoms with E-state index in [2.05, 4.69) is 10.4 Å². The van der Waals surface area contributed by atoms with Crippen LogP contribution in [0.25, 0.3) is 0 Å². The quantitative estimate of drug-likeness (QED) is 0.721. The van der Waals surface area contributed by atoms with Crippen LogP contribution in [0.5, 0.6) is 0 Å². The summed E-state index contributed by atoms with van der Waals surface area (Å²) in [7, 11) is 1.92. The van der Waals surface area contributed by atoms with E-state index in [-0.39, 0.29) is 18.3 Å². The molecule has 0 unspecified atom stereocenters. The van der Waals surface area contributed by atoms with Crippen molar-refractivity contribution in [3.63, 3.8) is 0 Å². The van der Waals surface area contributed by atoms with Gasteiger partial charge in [-0.2, -0.15) is 5.10 Å². The third-order valence-corrected chi connectivity index (χ3v) is 3.48. The van der Waals surface area contributed by atoms with Crippen LogP contribution in [0.3, 0.4) is 0 Å². The number of nitrogens with one attached hydrogen (secondary N) is 1. The van der Waals surface area contributed by atoms with Gasteiger partial charge in [-0.25, -0.2) is 0 Å². The highest BCUT2D eigenvalue weighted by atomic mass is 35.5. The number of carbonyl (C=O) groups is 1. The number of aromatic nitrogens is 2. The second kappa shape index (κ2) is 9.77. The van der Waals surface area contributed by atoms with Gasteiger partial charge in [0.25, 0.3) is 0 Å². The zero-order chi connectivity index (χ0) is 14.3. The van der Waals surface area contributed by atoms with Crippen LogP contribution in [0.4, 0.5) is 0 Å². The van der Waals surface area contributed by atoms with E-state index in [1.807, 2.05) is 25.6 Å². The molecule has 0 spiro atoms. The number of halogens is 1. The number of unbranched alkanes of at least 4 members (excludes halogenated alkanes) is 3. The highest BCUT2D eigenvalue weighted by Gasteiger charge is 2.10. The van der Waals surface area contributed by atoms with E-state index in [0.29, 0.717) is 13.0 Å². The molecule has 3 N–H and O–H groups in total. The maximum atomic E-state index is 11.7. The van der Waals surface area contributed by atoms with E-state index in [9.17, 15) is 4.79 Å². The van der Waals surface area contributed by atoms with Crippen molar-refractivity contribution < 1.29 is 4.79 Å². The second-order valence-electron chi connectivity index (χ2n) is 5.00. The number of rotatable bonds is 8. The predicted octanol–water partition coefficient (Wildman–Crippen LogP) is 1.98. The van der Waals surface area contributed by atoms with E-state index in [4.69, 9.17) is 5.73 Å². The largest absolute Gasteiger partial charge is 0.352 e. The Morgan fingerprint density at radius 2 is 1.90 bits per heavy atom. The molecular formula is C14H27ClN4O. The molecule has 1 aromatic rings. The predicted molar refractivity (Wildman–Crippen MR) is 83.9 cm³/mol. The topological polar surface area (TPSA) is 72.9 Å². The van der Waals surface area contributed by atoms with Crippen LogP contribution < -0.4 is 11.1 Å². The van der Waals surface area contributed by atoms with Crippen LogP contribution >= 0.6 is 12.4 Å². The van der Waals surface area contributed by atoms with Gasteiger partial charge >= 0.3 is 0 Å². The lowest BCUT2D eigenvalue weighted by molar-refractivity contribution is -0.121. The minimum absolute atomic E-state index is 0. The van der Waals surface area contributed by atoms with Crippen molar-refractivity contribution in [2.75, 3.05) is 6.54 Å². The highest BCUT2D eigenvalue weighted by Crippen LogP contribution is 2.11. The molecule has 0 fully saturated rings. The summed E-state index contributed by atoms with van der Waals surface area (Å²) < 4.78 is 1.85. The summed E-state index contributed by atoms with van der Waals surface area (Å²) in [5.41, 5.74) is 8.65. The van der Waals surface area contributed by atoms with Crippen LogP contribution in [0.2, 0.25) is 0 Å². The Labute approximate surface area is 127 Å². The number of hydrogen-bond donors (Lipinski definition) is 2. The Morgan fingerprint density at radius 3 is 2.45 bits per heavy atom. The molecular weight excluding hydrogens is 276 g/mol. The summed E-state index contributed by atoms with van der Waals surface area (Å²) in [6, 6.07) is 0. The average Bonchev–Trinajstić information content (AvgIpc) is 2.61. The Morgan fingerprint density at radius 1 is 1.25 bits per heavy atom. The van der Waals surface area contributed by atoms with Crippen LogP contribution in [-0.2, 0) is 18.4 Å². The summed E-state index contributed by atoms with van der Waals surface area (Å²) >= 11 is 0. The molecule has 5 nitrogen and oxygen atoms in total. The van der Waals surface area contributed by atoms with Gasteiger partial charge < -0.3 is 11.1 Å². The number of amides is 1. The molecule has 1 aromatic heterocycles. The summed E-state index contributed by atoms with van der Waals surface area (Å²) in [5.74, 6) is 0.121. The monoisotopic (exact) mass is 302 g/mol. The van der Waals surface area contributed by atoms with Crippen molar-refractivity contribution in [3.05, 3.63) is 17.0 Å². The van der Waals surface area contributed by atoms with Gasteiger partial charge in [0.05, 0.1) is 5.69 Å². The molecule has 116 valence electrons. The normalized spacial score (nSPS) is 10.2. The van der Waals surface area contributed by atoms with Crippen LogP contribution in [0.15, 0.2) is 0 Å². The van der Waals surface area contributed by atoms with Gasteiger partial charge in [-0.15, -0.1) is 12.4 Å². The van der Waals surface area contributed by atoms with Gasteiger partial charge in [0.1, 0.15) is 0 Å². The molecule has 0 atom stereocenters. The number of aryl methyl sites for hydroxylation is 2. The van der Waals surface area contributed by atoms with Crippen molar-refractivity contribution in [2.24, 2.45) is 12.8 Å². The average molecular weight is 303 g/mol. The first-order valence-corrected chi connectivity index (χ1v) is 7.02. The van der Waals surface area contributed by atoms with E-state index in [1.54, 1.807) is 0 Å². The zero-order valence-corrected chi connectivity index (χ0v) is 13.6. The molecule has 1 rings (SSSR count). The van der Waals surface area contributed by atoms with Crippen molar-refractivity contribution in [1.29, 1.82) is 0 Å². The van der Waals surface area contributed by atoms with E-state index >= 15 is 0 Å². The third kappa shape index (κ3) is 5.92. The molecule has 1 heterocycles. The first kappa shape index (κ1) is 18.9. The van der Waals surface area contributed by atoms with Gasteiger partial charge in [-0.3, -0.25) is 9.48 Å². The molecule has 0 bridgehead atoms. The first-order chi connectivity index (χ1) is 9.06. The number of nitrogens with zero attached hydrogens (tertiary/aromatic N) is 2. The van der Waals surface area contributed by atoms with Gasteiger partial charge in [-0.05, 0) is 33.2 Å².